The van der Waals surface area contributed by atoms with E-state index in [4.69, 9.17) is 10.4 Å². The third kappa shape index (κ3) is 2.07. The van der Waals surface area contributed by atoms with Crippen molar-refractivity contribution in [3.05, 3.63) is 34.9 Å². The lowest BCUT2D eigenvalue weighted by Crippen LogP contribution is -1.98. The van der Waals surface area contributed by atoms with Crippen LogP contribution < -0.4 is 0 Å². The Hall–Kier alpha value is -1.34. The normalized spacial score (nSPS) is 9.23. The Bertz CT molecular complexity index is 382. The number of hydrogen-bond acceptors (Lipinski definition) is 2. The molecule has 0 heterocycles. The predicted molar refractivity (Wildman–Crippen MR) is 50.7 cm³/mol. The molecule has 1 rings (SSSR count). The van der Waals surface area contributed by atoms with Crippen LogP contribution in [0, 0.1) is 11.3 Å². The highest BCUT2D eigenvalue weighted by Crippen LogP contribution is 2.14. The SMILES string of the molecule is N#Cc1ccc(C(=O)O)cc1CBr. The highest BCUT2D eigenvalue weighted by Gasteiger charge is 2.06. The number of carboxylic acids is 1. The Morgan fingerprint density at radius 1 is 1.62 bits per heavy atom. The Morgan fingerprint density at radius 2 is 2.31 bits per heavy atom. The van der Waals surface area contributed by atoms with E-state index < -0.39 is 5.97 Å². The highest BCUT2D eigenvalue weighted by atomic mass is 79.9. The van der Waals surface area contributed by atoms with E-state index in [1.807, 2.05) is 6.07 Å². The molecule has 0 saturated carbocycles. The molecule has 0 unspecified atom stereocenters. The van der Waals surface area contributed by atoms with Gasteiger partial charge in [-0.05, 0) is 23.8 Å². The quantitative estimate of drug-likeness (QED) is 0.805. The zero-order valence-corrected chi connectivity index (χ0v) is 8.21. The standard InChI is InChI=1S/C9H6BrNO2/c10-4-8-3-6(9(12)13)1-2-7(8)5-11/h1-3H,4H2,(H,12,13). The second kappa shape index (κ2) is 4.06. The van der Waals surface area contributed by atoms with Crippen LogP contribution in [0.1, 0.15) is 21.5 Å². The van der Waals surface area contributed by atoms with Crippen LogP contribution in [0.3, 0.4) is 0 Å². The van der Waals surface area contributed by atoms with Crippen molar-refractivity contribution in [1.82, 2.24) is 0 Å². The van der Waals surface area contributed by atoms with Crippen LogP contribution >= 0.6 is 15.9 Å². The number of carboxylic acid groups (broad SMARTS) is 1. The van der Waals surface area contributed by atoms with Crippen molar-refractivity contribution >= 4 is 21.9 Å². The van der Waals surface area contributed by atoms with Gasteiger partial charge in [-0.15, -0.1) is 0 Å². The number of rotatable bonds is 2. The first kappa shape index (κ1) is 9.75. The average molecular weight is 240 g/mol. The minimum atomic E-state index is -0.980. The van der Waals surface area contributed by atoms with E-state index in [2.05, 4.69) is 15.9 Å². The largest absolute Gasteiger partial charge is 0.478 e. The molecule has 1 N–H and O–H groups in total. The molecule has 0 atom stereocenters. The summed E-state index contributed by atoms with van der Waals surface area (Å²) in [7, 11) is 0. The molecule has 0 aromatic heterocycles. The average Bonchev–Trinajstić information content (AvgIpc) is 2.16. The summed E-state index contributed by atoms with van der Waals surface area (Å²) < 4.78 is 0. The van der Waals surface area contributed by atoms with Crippen molar-refractivity contribution in [3.8, 4) is 6.07 Å². The summed E-state index contributed by atoms with van der Waals surface area (Å²) in [5.41, 5.74) is 1.40. The lowest BCUT2D eigenvalue weighted by atomic mass is 10.1. The second-order valence-electron chi connectivity index (χ2n) is 2.42. The van der Waals surface area contributed by atoms with Crippen molar-refractivity contribution in [3.63, 3.8) is 0 Å². The van der Waals surface area contributed by atoms with E-state index in [-0.39, 0.29) is 5.56 Å². The van der Waals surface area contributed by atoms with Gasteiger partial charge in [-0.25, -0.2) is 4.79 Å². The van der Waals surface area contributed by atoms with Gasteiger partial charge in [-0.1, -0.05) is 15.9 Å². The van der Waals surface area contributed by atoms with Crippen LogP contribution in [0.2, 0.25) is 0 Å². The zero-order chi connectivity index (χ0) is 9.84. The smallest absolute Gasteiger partial charge is 0.335 e. The van der Waals surface area contributed by atoms with Gasteiger partial charge in [0.05, 0.1) is 17.2 Å². The topological polar surface area (TPSA) is 61.1 Å². The molecule has 13 heavy (non-hydrogen) atoms. The molecule has 66 valence electrons. The van der Waals surface area contributed by atoms with E-state index in [0.29, 0.717) is 16.5 Å². The zero-order valence-electron chi connectivity index (χ0n) is 6.62. The molecule has 1 aromatic carbocycles. The monoisotopic (exact) mass is 239 g/mol. The molecule has 0 amide bonds. The first-order valence-corrected chi connectivity index (χ1v) is 4.63. The second-order valence-corrected chi connectivity index (χ2v) is 2.98. The first-order valence-electron chi connectivity index (χ1n) is 3.51. The van der Waals surface area contributed by atoms with Crippen molar-refractivity contribution in [1.29, 1.82) is 5.26 Å². The molecule has 0 radical (unpaired) electrons. The third-order valence-corrected chi connectivity index (χ3v) is 2.22. The molecule has 0 aliphatic rings. The molecule has 4 heteroatoms. The van der Waals surface area contributed by atoms with E-state index in [0.717, 1.165) is 0 Å². The Kier molecular flexibility index (Phi) is 3.04. The maximum atomic E-state index is 10.6. The third-order valence-electron chi connectivity index (χ3n) is 1.62. The van der Waals surface area contributed by atoms with Crippen molar-refractivity contribution in [2.75, 3.05) is 0 Å². The van der Waals surface area contributed by atoms with Crippen LogP contribution in [0.5, 0.6) is 0 Å². The van der Waals surface area contributed by atoms with E-state index in [1.165, 1.54) is 18.2 Å². The number of hydrogen-bond donors (Lipinski definition) is 1. The number of aromatic carboxylic acids is 1. The molecular weight excluding hydrogens is 234 g/mol. The van der Waals surface area contributed by atoms with Gasteiger partial charge in [-0.2, -0.15) is 5.26 Å². The fraction of sp³-hybridized carbons (Fsp3) is 0.111. The van der Waals surface area contributed by atoms with Gasteiger partial charge in [0.15, 0.2) is 0 Å². The van der Waals surface area contributed by atoms with Gasteiger partial charge in [-0.3, -0.25) is 0 Å². The maximum Gasteiger partial charge on any atom is 0.335 e. The summed E-state index contributed by atoms with van der Waals surface area (Å²) in [6.07, 6.45) is 0. The van der Waals surface area contributed by atoms with Gasteiger partial charge in [0.2, 0.25) is 0 Å². The summed E-state index contributed by atoms with van der Waals surface area (Å²) in [5.74, 6) is -0.980. The molecule has 3 nitrogen and oxygen atoms in total. The van der Waals surface area contributed by atoms with Crippen molar-refractivity contribution in [2.24, 2.45) is 0 Å². The van der Waals surface area contributed by atoms with Gasteiger partial charge >= 0.3 is 5.97 Å². The summed E-state index contributed by atoms with van der Waals surface area (Å²) in [6, 6.07) is 6.42. The van der Waals surface area contributed by atoms with Gasteiger partial charge in [0.25, 0.3) is 0 Å². The lowest BCUT2D eigenvalue weighted by molar-refractivity contribution is 0.0697. The summed E-state index contributed by atoms with van der Waals surface area (Å²) in [4.78, 5) is 10.6. The first-order chi connectivity index (χ1) is 6.19. The van der Waals surface area contributed by atoms with Gasteiger partial charge in [0.1, 0.15) is 0 Å². The number of halogens is 1. The summed E-state index contributed by atoms with van der Waals surface area (Å²) in [5, 5.41) is 17.8. The van der Waals surface area contributed by atoms with Crippen molar-refractivity contribution in [2.45, 2.75) is 5.33 Å². The van der Waals surface area contributed by atoms with Crippen LogP contribution in [-0.2, 0) is 5.33 Å². The van der Waals surface area contributed by atoms with Crippen LogP contribution in [0.25, 0.3) is 0 Å². The molecule has 0 aliphatic heterocycles. The summed E-state index contributed by atoms with van der Waals surface area (Å²) >= 11 is 3.19. The Labute approximate surface area is 83.7 Å². The lowest BCUT2D eigenvalue weighted by Gasteiger charge is -2.00. The number of carbonyl (C=O) groups is 1. The molecule has 1 aromatic rings. The number of benzene rings is 1. The maximum absolute atomic E-state index is 10.6. The van der Waals surface area contributed by atoms with Crippen LogP contribution in [0.4, 0.5) is 0 Å². The van der Waals surface area contributed by atoms with Crippen LogP contribution in [-0.4, -0.2) is 11.1 Å². The van der Waals surface area contributed by atoms with E-state index in [9.17, 15) is 4.79 Å². The Balaban J connectivity index is 3.23. The number of nitriles is 1. The molecule has 0 bridgehead atoms. The predicted octanol–water partition coefficient (Wildman–Crippen LogP) is 2.15. The van der Waals surface area contributed by atoms with Gasteiger partial charge < -0.3 is 5.11 Å². The molecule has 0 spiro atoms. The minimum absolute atomic E-state index is 0.202. The number of alkyl halides is 1. The fourth-order valence-electron chi connectivity index (χ4n) is 0.946. The van der Waals surface area contributed by atoms with E-state index in [1.54, 1.807) is 0 Å². The van der Waals surface area contributed by atoms with Crippen LogP contribution in [0.15, 0.2) is 18.2 Å². The fourth-order valence-corrected chi connectivity index (χ4v) is 1.41. The highest BCUT2D eigenvalue weighted by molar-refractivity contribution is 9.08. The molecular formula is C9H6BrNO2. The molecule has 0 saturated heterocycles. The Morgan fingerprint density at radius 3 is 2.77 bits per heavy atom. The van der Waals surface area contributed by atoms with E-state index >= 15 is 0 Å². The molecule has 0 fully saturated rings. The minimum Gasteiger partial charge on any atom is -0.478 e. The summed E-state index contributed by atoms with van der Waals surface area (Å²) in [6.45, 7) is 0. The number of nitrogens with zero attached hydrogens (tertiary/aromatic N) is 1. The van der Waals surface area contributed by atoms with Gasteiger partial charge in [0, 0.05) is 5.33 Å². The molecule has 0 aliphatic carbocycles. The van der Waals surface area contributed by atoms with Crippen molar-refractivity contribution < 1.29 is 9.90 Å².